The smallest absolute Gasteiger partial charge is 0.306 e. The van der Waals surface area contributed by atoms with E-state index in [0.29, 0.717) is 17.8 Å². The van der Waals surface area contributed by atoms with Gasteiger partial charge in [-0.15, -0.1) is 0 Å². The molecule has 0 amide bonds. The Hall–Kier alpha value is -2.42. The van der Waals surface area contributed by atoms with E-state index in [1.165, 1.54) is 16.4 Å². The lowest BCUT2D eigenvalue weighted by Gasteiger charge is -2.24. The lowest BCUT2D eigenvalue weighted by atomic mass is 10.1. The fraction of sp³-hybridized carbons (Fsp3) is 0.304. The molecule has 0 radical (unpaired) electrons. The molecule has 0 atom stereocenters. The second kappa shape index (κ2) is 9.38. The second-order valence-corrected chi connectivity index (χ2v) is 11.4. The summed E-state index contributed by atoms with van der Waals surface area (Å²) < 4.78 is 56.2. The summed E-state index contributed by atoms with van der Waals surface area (Å²) in [5.41, 5.74) is 0.744. The monoisotopic (exact) mass is 461 g/mol. The van der Waals surface area contributed by atoms with Gasteiger partial charge in [0.2, 0.25) is 10.0 Å². The van der Waals surface area contributed by atoms with Crippen LogP contribution >= 0.6 is 0 Å². The summed E-state index contributed by atoms with van der Waals surface area (Å²) in [7, 11) is -7.37. The van der Waals surface area contributed by atoms with Gasteiger partial charge in [-0.3, -0.25) is 0 Å². The molecule has 166 valence electrons. The molecular weight excluding hydrogens is 434 g/mol. The standard InChI is InChI=1S/C23H27NO5S2/c1-18(2)15-16-24(17-19-11-13-21(14-12-19)29-30(3,25)26)31(27,28)23-10-6-8-20-7-4-5-9-22(20)23/h4-14,18H,15-17H2,1-3H3. The summed E-state index contributed by atoms with van der Waals surface area (Å²) in [6.07, 6.45) is 1.70. The molecule has 0 saturated heterocycles. The van der Waals surface area contributed by atoms with Gasteiger partial charge in [0.1, 0.15) is 5.75 Å². The third kappa shape index (κ3) is 6.06. The fourth-order valence-electron chi connectivity index (χ4n) is 3.27. The summed E-state index contributed by atoms with van der Waals surface area (Å²) in [6, 6.07) is 19.2. The highest BCUT2D eigenvalue weighted by Gasteiger charge is 2.26. The van der Waals surface area contributed by atoms with Gasteiger partial charge in [-0.1, -0.05) is 62.4 Å². The van der Waals surface area contributed by atoms with E-state index in [0.717, 1.165) is 23.6 Å². The molecule has 0 saturated carbocycles. The zero-order valence-electron chi connectivity index (χ0n) is 17.9. The average Bonchev–Trinajstić information content (AvgIpc) is 2.70. The Balaban J connectivity index is 1.94. The molecule has 0 N–H and O–H groups in total. The lowest BCUT2D eigenvalue weighted by Crippen LogP contribution is -2.32. The van der Waals surface area contributed by atoms with E-state index in [-0.39, 0.29) is 17.2 Å². The minimum absolute atomic E-state index is 0.178. The SMILES string of the molecule is CC(C)CCN(Cc1ccc(OS(C)(=O)=O)cc1)S(=O)(=O)c1cccc2ccccc12. The summed E-state index contributed by atoms with van der Waals surface area (Å²) in [6.45, 7) is 4.67. The number of hydrogen-bond donors (Lipinski definition) is 0. The minimum atomic E-state index is -3.75. The number of nitrogens with zero attached hydrogens (tertiary/aromatic N) is 1. The Labute approximate surface area is 184 Å². The molecule has 0 aliphatic carbocycles. The Bertz CT molecular complexity index is 1250. The maximum atomic E-state index is 13.6. The van der Waals surface area contributed by atoms with Crippen molar-refractivity contribution in [2.75, 3.05) is 12.8 Å². The molecular formula is C23H27NO5S2. The maximum absolute atomic E-state index is 13.6. The number of benzene rings is 3. The molecule has 31 heavy (non-hydrogen) atoms. The van der Waals surface area contributed by atoms with Gasteiger partial charge >= 0.3 is 10.1 Å². The predicted octanol–water partition coefficient (Wildman–Crippen LogP) is 4.42. The highest BCUT2D eigenvalue weighted by Crippen LogP contribution is 2.27. The van der Waals surface area contributed by atoms with E-state index in [4.69, 9.17) is 4.18 Å². The Morgan fingerprint density at radius 2 is 1.52 bits per heavy atom. The molecule has 0 spiro atoms. The largest absolute Gasteiger partial charge is 0.383 e. The van der Waals surface area contributed by atoms with Gasteiger partial charge in [-0.2, -0.15) is 12.7 Å². The van der Waals surface area contributed by atoms with Crippen LogP contribution < -0.4 is 4.18 Å². The van der Waals surface area contributed by atoms with Crippen LogP contribution in [-0.4, -0.2) is 33.9 Å². The molecule has 0 aliphatic rings. The van der Waals surface area contributed by atoms with Crippen molar-refractivity contribution in [2.45, 2.75) is 31.7 Å². The van der Waals surface area contributed by atoms with E-state index < -0.39 is 20.1 Å². The fourth-order valence-corrected chi connectivity index (χ4v) is 5.39. The third-order valence-corrected chi connectivity index (χ3v) is 7.25. The van der Waals surface area contributed by atoms with Crippen LogP contribution in [0.5, 0.6) is 5.75 Å². The van der Waals surface area contributed by atoms with E-state index in [1.54, 1.807) is 24.3 Å². The van der Waals surface area contributed by atoms with Crippen molar-refractivity contribution >= 4 is 30.9 Å². The van der Waals surface area contributed by atoms with Crippen LogP contribution in [0.25, 0.3) is 10.8 Å². The Morgan fingerprint density at radius 1 is 0.871 bits per heavy atom. The molecule has 3 aromatic rings. The molecule has 0 fully saturated rings. The zero-order chi connectivity index (χ0) is 22.6. The van der Waals surface area contributed by atoms with Crippen LogP contribution in [0.3, 0.4) is 0 Å². The summed E-state index contributed by atoms with van der Waals surface area (Å²) in [5.74, 6) is 0.535. The molecule has 8 heteroatoms. The van der Waals surface area contributed by atoms with Crippen LogP contribution in [0, 0.1) is 5.92 Å². The van der Waals surface area contributed by atoms with E-state index in [1.807, 2.05) is 30.3 Å². The van der Waals surface area contributed by atoms with Gasteiger partial charge in [-0.25, -0.2) is 8.42 Å². The highest BCUT2D eigenvalue weighted by atomic mass is 32.2. The van der Waals surface area contributed by atoms with Crippen LogP contribution in [0.2, 0.25) is 0 Å². The topological polar surface area (TPSA) is 80.8 Å². The first-order valence-electron chi connectivity index (χ1n) is 10.0. The molecule has 0 unspecified atom stereocenters. The number of fused-ring (bicyclic) bond motifs is 1. The maximum Gasteiger partial charge on any atom is 0.306 e. The first-order chi connectivity index (χ1) is 14.6. The van der Waals surface area contributed by atoms with Gasteiger partial charge < -0.3 is 4.18 Å². The summed E-state index contributed by atoms with van der Waals surface area (Å²) >= 11 is 0. The quantitative estimate of drug-likeness (QED) is 0.441. The molecule has 0 heterocycles. The molecule has 0 aliphatic heterocycles. The van der Waals surface area contributed by atoms with Crippen molar-refractivity contribution in [3.05, 3.63) is 72.3 Å². The number of rotatable bonds is 9. The number of hydrogen-bond acceptors (Lipinski definition) is 5. The van der Waals surface area contributed by atoms with E-state index in [2.05, 4.69) is 13.8 Å². The molecule has 0 aromatic heterocycles. The first-order valence-corrected chi connectivity index (χ1v) is 13.3. The van der Waals surface area contributed by atoms with Crippen molar-refractivity contribution in [3.8, 4) is 5.75 Å². The second-order valence-electron chi connectivity index (χ2n) is 7.93. The van der Waals surface area contributed by atoms with Crippen molar-refractivity contribution in [1.82, 2.24) is 4.31 Å². The highest BCUT2D eigenvalue weighted by molar-refractivity contribution is 7.89. The van der Waals surface area contributed by atoms with Crippen LogP contribution in [0.1, 0.15) is 25.8 Å². The molecule has 0 bridgehead atoms. The predicted molar refractivity (Wildman–Crippen MR) is 123 cm³/mol. The van der Waals surface area contributed by atoms with Crippen molar-refractivity contribution in [3.63, 3.8) is 0 Å². The zero-order valence-corrected chi connectivity index (χ0v) is 19.5. The minimum Gasteiger partial charge on any atom is -0.383 e. The molecule has 3 aromatic carbocycles. The third-order valence-electron chi connectivity index (χ3n) is 4.85. The van der Waals surface area contributed by atoms with E-state index in [9.17, 15) is 16.8 Å². The molecule has 3 rings (SSSR count). The van der Waals surface area contributed by atoms with Gasteiger partial charge in [-0.05, 0) is 41.5 Å². The van der Waals surface area contributed by atoms with E-state index >= 15 is 0 Å². The Morgan fingerprint density at radius 3 is 2.16 bits per heavy atom. The van der Waals surface area contributed by atoms with Gasteiger partial charge in [0.25, 0.3) is 0 Å². The van der Waals surface area contributed by atoms with Crippen LogP contribution in [-0.2, 0) is 26.7 Å². The van der Waals surface area contributed by atoms with Crippen LogP contribution in [0.15, 0.2) is 71.6 Å². The van der Waals surface area contributed by atoms with Crippen molar-refractivity contribution in [1.29, 1.82) is 0 Å². The molecule has 6 nitrogen and oxygen atoms in total. The van der Waals surface area contributed by atoms with Crippen molar-refractivity contribution in [2.24, 2.45) is 5.92 Å². The summed E-state index contributed by atoms with van der Waals surface area (Å²) in [4.78, 5) is 0.284. The lowest BCUT2D eigenvalue weighted by molar-refractivity contribution is 0.375. The first kappa shape index (κ1) is 23.2. The summed E-state index contributed by atoms with van der Waals surface area (Å²) in [5, 5.41) is 1.56. The average molecular weight is 462 g/mol. The Kier molecular flexibility index (Phi) is 7.03. The number of sulfonamides is 1. The normalized spacial score (nSPS) is 12.5. The van der Waals surface area contributed by atoms with Gasteiger partial charge in [0.05, 0.1) is 11.2 Å². The van der Waals surface area contributed by atoms with Crippen molar-refractivity contribution < 1.29 is 21.0 Å². The van der Waals surface area contributed by atoms with Gasteiger partial charge in [0, 0.05) is 18.5 Å². The van der Waals surface area contributed by atoms with Crippen LogP contribution in [0.4, 0.5) is 0 Å². The van der Waals surface area contributed by atoms with Gasteiger partial charge in [0.15, 0.2) is 0 Å².